The van der Waals surface area contributed by atoms with Crippen LogP contribution in [-0.4, -0.2) is 0 Å². The normalized spacial score (nSPS) is 10.7. The molecule has 0 aliphatic heterocycles. The number of hydrogen-bond acceptors (Lipinski definition) is 1. The molecule has 1 unspecified atom stereocenters. The quantitative estimate of drug-likeness (QED) is 0.402. The highest BCUT2D eigenvalue weighted by atomic mass is 16.5. The van der Waals surface area contributed by atoms with Crippen molar-refractivity contribution in [1.82, 2.24) is 0 Å². The van der Waals surface area contributed by atoms with E-state index < -0.39 is 0 Å². The van der Waals surface area contributed by atoms with Gasteiger partial charge in [-0.25, -0.2) is 0 Å². The predicted molar refractivity (Wildman–Crippen MR) is 94.8 cm³/mol. The van der Waals surface area contributed by atoms with Gasteiger partial charge >= 0.3 is 0 Å². The molecule has 0 aliphatic carbocycles. The number of allylic oxidation sites excluding steroid dienone is 2. The molecule has 0 spiro atoms. The first kappa shape index (κ1) is 24.3. The molecule has 0 rings (SSSR count). The van der Waals surface area contributed by atoms with Gasteiger partial charge in [-0.2, -0.15) is 0 Å². The maximum Gasteiger partial charge on any atom is 0.0995 e. The second-order valence-electron chi connectivity index (χ2n) is 4.44. The third-order valence-corrected chi connectivity index (χ3v) is 3.29. The van der Waals surface area contributed by atoms with Crippen LogP contribution in [0.3, 0.4) is 0 Å². The molecule has 0 bridgehead atoms. The van der Waals surface area contributed by atoms with Crippen molar-refractivity contribution in [3.63, 3.8) is 0 Å². The Balaban J connectivity index is -0.000000656. The average molecular weight is 285 g/mol. The molecule has 1 heteroatoms. The van der Waals surface area contributed by atoms with Crippen LogP contribution >= 0.6 is 0 Å². The molecule has 0 saturated heterocycles. The van der Waals surface area contributed by atoms with Gasteiger partial charge in [-0.05, 0) is 25.7 Å². The molecule has 0 aromatic heterocycles. The smallest absolute Gasteiger partial charge is 0.0995 e. The lowest BCUT2D eigenvalue weighted by molar-refractivity contribution is 0.207. The van der Waals surface area contributed by atoms with Crippen molar-refractivity contribution in [3.05, 3.63) is 24.7 Å². The van der Waals surface area contributed by atoms with E-state index in [0.717, 1.165) is 37.2 Å². The Bertz CT molecular complexity index is 214. The van der Waals surface area contributed by atoms with Crippen molar-refractivity contribution in [2.45, 2.75) is 87.5 Å². The van der Waals surface area contributed by atoms with Crippen LogP contribution in [0.15, 0.2) is 24.7 Å². The van der Waals surface area contributed by atoms with E-state index in [1.807, 2.05) is 27.7 Å². The first-order valence-corrected chi connectivity index (χ1v) is 8.65. The van der Waals surface area contributed by atoms with E-state index >= 15 is 0 Å². The predicted octanol–water partition coefficient (Wildman–Crippen LogP) is 7.35. The molecule has 0 aromatic rings. The second kappa shape index (κ2) is 18.3. The van der Waals surface area contributed by atoms with Crippen LogP contribution in [0.5, 0.6) is 0 Å². The number of hydrogen-bond donors (Lipinski definition) is 0. The van der Waals surface area contributed by atoms with Crippen molar-refractivity contribution < 1.29 is 4.74 Å². The Morgan fingerprint density at radius 3 is 1.40 bits per heavy atom. The summed E-state index contributed by atoms with van der Waals surface area (Å²) in [5, 5.41) is 0. The Labute approximate surface area is 129 Å². The third kappa shape index (κ3) is 11.1. The summed E-state index contributed by atoms with van der Waals surface area (Å²) in [5.74, 6) is 2.75. The molecule has 0 saturated carbocycles. The van der Waals surface area contributed by atoms with Crippen molar-refractivity contribution in [2.75, 3.05) is 0 Å². The van der Waals surface area contributed by atoms with E-state index in [9.17, 15) is 0 Å². The van der Waals surface area contributed by atoms with Gasteiger partial charge in [-0.15, -0.1) is 0 Å². The average Bonchev–Trinajstić information content (AvgIpc) is 2.49. The van der Waals surface area contributed by atoms with Gasteiger partial charge < -0.3 is 4.74 Å². The van der Waals surface area contributed by atoms with Crippen LogP contribution in [-0.2, 0) is 4.74 Å². The van der Waals surface area contributed by atoms with Crippen molar-refractivity contribution in [1.29, 1.82) is 0 Å². The van der Waals surface area contributed by atoms with E-state index in [1.165, 1.54) is 6.42 Å². The van der Waals surface area contributed by atoms with Crippen LogP contribution < -0.4 is 0 Å². The first-order valence-electron chi connectivity index (χ1n) is 8.65. The minimum Gasteiger partial charge on any atom is -0.467 e. The van der Waals surface area contributed by atoms with Crippen molar-refractivity contribution >= 4 is 0 Å². The highest BCUT2D eigenvalue weighted by Gasteiger charge is 2.15. The van der Waals surface area contributed by atoms with Crippen LogP contribution in [0.1, 0.15) is 87.5 Å². The minimum atomic E-state index is 0.468. The standard InChI is InChI=1S/C15H28O.2C2H6/c1-7-11-15(10-4)13(6)16-12(5)14(8-2)9-3;2*1-2/h14-15H,5-11H2,1-4H3;2*1-2H3. The Hall–Kier alpha value is -0.720. The van der Waals surface area contributed by atoms with Gasteiger partial charge in [0.2, 0.25) is 0 Å². The van der Waals surface area contributed by atoms with E-state index in [4.69, 9.17) is 4.74 Å². The molecular weight excluding hydrogens is 244 g/mol. The molecule has 0 fully saturated rings. The maximum atomic E-state index is 5.81. The van der Waals surface area contributed by atoms with Crippen LogP contribution in [0.4, 0.5) is 0 Å². The van der Waals surface area contributed by atoms with Gasteiger partial charge in [-0.1, -0.05) is 75.0 Å². The van der Waals surface area contributed by atoms with E-state index in [2.05, 4.69) is 40.9 Å². The number of ether oxygens (including phenoxy) is 1. The van der Waals surface area contributed by atoms with E-state index in [0.29, 0.717) is 11.8 Å². The summed E-state index contributed by atoms with van der Waals surface area (Å²) in [6.45, 7) is 24.8. The van der Waals surface area contributed by atoms with E-state index in [1.54, 1.807) is 0 Å². The highest BCUT2D eigenvalue weighted by molar-refractivity contribution is 5.00. The summed E-state index contributed by atoms with van der Waals surface area (Å²) in [7, 11) is 0. The first-order chi connectivity index (χ1) is 9.60. The molecule has 1 atom stereocenters. The molecule has 20 heavy (non-hydrogen) atoms. The molecule has 0 aromatic carbocycles. The summed E-state index contributed by atoms with van der Waals surface area (Å²) >= 11 is 0. The van der Waals surface area contributed by atoms with Gasteiger partial charge in [-0.3, -0.25) is 0 Å². The van der Waals surface area contributed by atoms with Gasteiger partial charge in [0.25, 0.3) is 0 Å². The third-order valence-electron chi connectivity index (χ3n) is 3.29. The fraction of sp³-hybridized carbons (Fsp3) is 0.789. The van der Waals surface area contributed by atoms with Gasteiger partial charge in [0.15, 0.2) is 0 Å². The van der Waals surface area contributed by atoms with Crippen LogP contribution in [0.2, 0.25) is 0 Å². The Morgan fingerprint density at radius 2 is 1.10 bits per heavy atom. The van der Waals surface area contributed by atoms with Crippen LogP contribution in [0.25, 0.3) is 0 Å². The lowest BCUT2D eigenvalue weighted by Gasteiger charge is -2.22. The van der Waals surface area contributed by atoms with Gasteiger partial charge in [0.05, 0.1) is 11.5 Å². The topological polar surface area (TPSA) is 9.23 Å². The Kier molecular flexibility index (Phi) is 22.2. The molecule has 0 amide bonds. The molecule has 1 nitrogen and oxygen atoms in total. The molecular formula is C19H40O. The summed E-state index contributed by atoms with van der Waals surface area (Å²) in [6.07, 6.45) is 5.62. The summed E-state index contributed by atoms with van der Waals surface area (Å²) in [6, 6.07) is 0. The molecule has 0 heterocycles. The zero-order chi connectivity index (χ0) is 16.6. The highest BCUT2D eigenvalue weighted by Crippen LogP contribution is 2.26. The lowest BCUT2D eigenvalue weighted by Crippen LogP contribution is -2.09. The van der Waals surface area contributed by atoms with E-state index in [-0.39, 0.29) is 0 Å². The zero-order valence-corrected chi connectivity index (χ0v) is 15.5. The van der Waals surface area contributed by atoms with Gasteiger partial charge in [0, 0.05) is 11.8 Å². The van der Waals surface area contributed by atoms with Crippen LogP contribution in [0, 0.1) is 11.8 Å². The largest absolute Gasteiger partial charge is 0.467 e. The maximum absolute atomic E-state index is 5.81. The zero-order valence-electron chi connectivity index (χ0n) is 15.5. The fourth-order valence-corrected chi connectivity index (χ4v) is 2.02. The monoisotopic (exact) mass is 284 g/mol. The van der Waals surface area contributed by atoms with Gasteiger partial charge in [0.1, 0.15) is 0 Å². The second-order valence-corrected chi connectivity index (χ2v) is 4.44. The molecule has 0 N–H and O–H groups in total. The van der Waals surface area contributed by atoms with Crippen molar-refractivity contribution in [2.24, 2.45) is 11.8 Å². The molecule has 122 valence electrons. The fourth-order valence-electron chi connectivity index (χ4n) is 2.02. The molecule has 0 radical (unpaired) electrons. The lowest BCUT2D eigenvalue weighted by atomic mass is 9.98. The van der Waals surface area contributed by atoms with Crippen molar-refractivity contribution in [3.8, 4) is 0 Å². The summed E-state index contributed by atoms with van der Waals surface area (Å²) in [4.78, 5) is 0. The minimum absolute atomic E-state index is 0.468. The summed E-state index contributed by atoms with van der Waals surface area (Å²) in [5.41, 5.74) is 0. The Morgan fingerprint density at radius 1 is 0.750 bits per heavy atom. The molecule has 0 aliphatic rings. The number of rotatable bonds is 9. The summed E-state index contributed by atoms with van der Waals surface area (Å²) < 4.78 is 5.81. The SMILES string of the molecule is C=C(OC(=C)C(CC)CCC)C(CC)CC.CC.CC.